The van der Waals surface area contributed by atoms with Crippen molar-refractivity contribution in [2.45, 2.75) is 85.5 Å². The Morgan fingerprint density at radius 1 is 0.541 bits per heavy atom. The van der Waals surface area contributed by atoms with Crippen LogP contribution in [0.3, 0.4) is 0 Å². The van der Waals surface area contributed by atoms with E-state index in [0.29, 0.717) is 39.6 Å². The van der Waals surface area contributed by atoms with E-state index in [1.165, 1.54) is 48.3 Å². The maximum Gasteiger partial charge on any atom is 0.264 e. The van der Waals surface area contributed by atoms with Crippen molar-refractivity contribution in [1.29, 1.82) is 0 Å². The molecule has 8 nitrogen and oxygen atoms in total. The van der Waals surface area contributed by atoms with Gasteiger partial charge in [0, 0.05) is 68.9 Å². The molecule has 0 amide bonds. The maximum absolute atomic E-state index is 6.56. The highest BCUT2D eigenvalue weighted by Gasteiger charge is 2.47. The van der Waals surface area contributed by atoms with E-state index in [9.17, 15) is 0 Å². The predicted octanol–water partition coefficient (Wildman–Crippen LogP) is 10.7. The lowest BCUT2D eigenvalue weighted by Gasteiger charge is -2.45. The van der Waals surface area contributed by atoms with E-state index in [1.807, 2.05) is 11.3 Å². The average molecular weight is 833 g/mol. The lowest BCUT2D eigenvalue weighted by molar-refractivity contribution is 0.296. The number of nitrogens with zero attached hydrogens (tertiary/aromatic N) is 2. The van der Waals surface area contributed by atoms with Gasteiger partial charge in [-0.2, -0.15) is 0 Å². The molecule has 0 N–H and O–H groups in total. The number of hydrogen-bond donors (Lipinski definition) is 0. The molecule has 5 aliphatic rings. The average Bonchev–Trinajstić information content (AvgIpc) is 3.48. The minimum atomic E-state index is -0.181. The van der Waals surface area contributed by atoms with E-state index in [2.05, 4.69) is 132 Å². The second-order valence-electron chi connectivity index (χ2n) is 19.2. The largest absolute Gasteiger partial charge is 0.490 e. The number of rotatable bonds is 2. The molecule has 0 saturated heterocycles. The van der Waals surface area contributed by atoms with E-state index < -0.39 is 0 Å². The van der Waals surface area contributed by atoms with Crippen molar-refractivity contribution in [2.75, 3.05) is 49.4 Å². The Morgan fingerprint density at radius 2 is 1.15 bits per heavy atom. The van der Waals surface area contributed by atoms with Crippen LogP contribution in [-0.4, -0.2) is 46.4 Å². The Morgan fingerprint density at radius 3 is 1.84 bits per heavy atom. The first-order chi connectivity index (χ1) is 29.3. The summed E-state index contributed by atoms with van der Waals surface area (Å²) in [6.07, 6.45) is 2.51. The van der Waals surface area contributed by atoms with Gasteiger partial charge in [-0.15, -0.1) is 11.3 Å². The van der Waals surface area contributed by atoms with Crippen LogP contribution in [0.2, 0.25) is 0 Å². The second kappa shape index (κ2) is 14.0. The van der Waals surface area contributed by atoms with Crippen LogP contribution in [0.1, 0.15) is 83.1 Å². The monoisotopic (exact) mass is 832 g/mol. The first-order valence-corrected chi connectivity index (χ1v) is 22.8. The molecule has 0 unspecified atom stereocenters. The summed E-state index contributed by atoms with van der Waals surface area (Å²) in [5, 5.41) is 1.26. The van der Waals surface area contributed by atoms with Gasteiger partial charge in [0.1, 0.15) is 0 Å². The smallest absolute Gasteiger partial charge is 0.264 e. The molecule has 312 valence electrons. The fourth-order valence-corrected chi connectivity index (χ4v) is 11.1. The first-order valence-electron chi connectivity index (χ1n) is 21.9. The molecule has 0 saturated carbocycles. The highest BCUT2D eigenvalue weighted by molar-refractivity contribution is 7.33. The van der Waals surface area contributed by atoms with Crippen LogP contribution in [0.25, 0.3) is 10.1 Å². The molecular weight excluding hydrogens is 779 g/mol. The highest BCUT2D eigenvalue weighted by atomic mass is 32.1. The molecule has 5 aliphatic heterocycles. The molecule has 61 heavy (non-hydrogen) atoms. The lowest BCUT2D eigenvalue weighted by atomic mass is 9.36. The molecule has 6 aromatic rings. The van der Waals surface area contributed by atoms with Crippen molar-refractivity contribution < 1.29 is 28.4 Å². The molecule has 0 atom stereocenters. The van der Waals surface area contributed by atoms with Crippen LogP contribution >= 0.6 is 11.3 Å². The van der Waals surface area contributed by atoms with Gasteiger partial charge < -0.3 is 38.2 Å². The van der Waals surface area contributed by atoms with Gasteiger partial charge in [-0.3, -0.25) is 0 Å². The van der Waals surface area contributed by atoms with Crippen molar-refractivity contribution >= 4 is 78.0 Å². The molecule has 0 aliphatic carbocycles. The third kappa shape index (κ3) is 6.14. The zero-order chi connectivity index (χ0) is 41.9. The molecule has 0 fully saturated rings. The number of fused-ring (bicyclic) bond motifs is 9. The minimum Gasteiger partial charge on any atom is -0.490 e. The van der Waals surface area contributed by atoms with Crippen molar-refractivity contribution in [3.8, 4) is 34.5 Å². The van der Waals surface area contributed by atoms with Crippen LogP contribution in [0.4, 0.5) is 34.1 Å². The number of ether oxygens (including phenoxy) is 6. The molecule has 1 aromatic heterocycles. The van der Waals surface area contributed by atoms with Crippen molar-refractivity contribution in [2.24, 2.45) is 0 Å². The van der Waals surface area contributed by atoms with Gasteiger partial charge in [0.05, 0.1) is 56.7 Å². The highest BCUT2D eigenvalue weighted by Crippen LogP contribution is 2.54. The van der Waals surface area contributed by atoms with Gasteiger partial charge in [-0.1, -0.05) is 47.6 Å². The Labute approximate surface area is 363 Å². The van der Waals surface area contributed by atoms with Gasteiger partial charge >= 0.3 is 0 Å². The van der Waals surface area contributed by atoms with Gasteiger partial charge in [0.15, 0.2) is 34.5 Å². The van der Waals surface area contributed by atoms with E-state index in [1.54, 1.807) is 0 Å². The third-order valence-corrected chi connectivity index (χ3v) is 14.1. The van der Waals surface area contributed by atoms with E-state index in [4.69, 9.17) is 28.4 Å². The van der Waals surface area contributed by atoms with Crippen molar-refractivity contribution in [3.05, 3.63) is 89.0 Å². The van der Waals surface area contributed by atoms with Crippen LogP contribution in [0, 0.1) is 13.8 Å². The van der Waals surface area contributed by atoms with Gasteiger partial charge in [0.2, 0.25) is 0 Å². The van der Waals surface area contributed by atoms with Crippen molar-refractivity contribution in [1.82, 2.24) is 0 Å². The summed E-state index contributed by atoms with van der Waals surface area (Å²) in [6.45, 7) is 21.9. The summed E-state index contributed by atoms with van der Waals surface area (Å²) in [6, 6.07) is 25.1. The Hall–Kier alpha value is -5.48. The second-order valence-corrected chi connectivity index (χ2v) is 20.3. The van der Waals surface area contributed by atoms with E-state index in [-0.39, 0.29) is 17.5 Å². The van der Waals surface area contributed by atoms with Crippen LogP contribution in [0.5, 0.6) is 34.5 Å². The molecule has 6 heterocycles. The standard InChI is InChI=1S/C51H53BN2O6S/c1-29-22-43-48(60-21-11-20-59-43)30(2)46(29)54-38-25-32(51(6,7)8)24-37-45(38)52(49-47(54)34-23-31(50(3,4)5)12-15-44(34)61-49)35-27-41-42(58-19-10-18-57-41)28-36(35)53(37)33-13-14-39-40(26-33)56-17-9-16-55-39/h12-15,22-28H,9-11,16-21H2,1-8H3. The van der Waals surface area contributed by atoms with Gasteiger partial charge in [0.25, 0.3) is 6.71 Å². The molecule has 0 bridgehead atoms. The van der Waals surface area contributed by atoms with Crippen LogP contribution in [-0.2, 0) is 10.8 Å². The number of aryl methyl sites for hydroxylation is 1. The molecule has 10 heteroatoms. The minimum absolute atomic E-state index is 0.0381. The Kier molecular flexibility index (Phi) is 8.84. The topological polar surface area (TPSA) is 61.9 Å². The lowest BCUT2D eigenvalue weighted by Crippen LogP contribution is -2.60. The van der Waals surface area contributed by atoms with Crippen LogP contribution < -0.4 is 53.9 Å². The fourth-order valence-electron chi connectivity index (χ4n) is 9.80. The SMILES string of the molecule is Cc1cc2c(c(C)c1N1c3cc(C(C)(C)C)cc4c3B(c3cc5c(cc3N4c3ccc4c(c3)OCCCO4)OCCCO5)c3sc4ccc(C(C)(C)C)cc4c31)OCCCO2. The molecular formula is C51H53BN2O6S. The molecule has 11 rings (SSSR count). The molecule has 5 aromatic carbocycles. The Bertz CT molecular complexity index is 2780. The third-order valence-electron chi connectivity index (χ3n) is 12.9. The normalized spacial score (nSPS) is 16.6. The van der Waals surface area contributed by atoms with E-state index >= 15 is 0 Å². The molecule has 0 spiro atoms. The van der Waals surface area contributed by atoms with Gasteiger partial charge in [-0.05, 0) is 101 Å². The fraction of sp³-hybridized carbons (Fsp3) is 0.373. The summed E-state index contributed by atoms with van der Waals surface area (Å²) in [5.41, 5.74) is 13.7. The first kappa shape index (κ1) is 38.4. The number of benzene rings is 5. The van der Waals surface area contributed by atoms with Crippen molar-refractivity contribution in [3.63, 3.8) is 0 Å². The summed E-state index contributed by atoms with van der Waals surface area (Å²) in [4.78, 5) is 5.02. The zero-order valence-electron chi connectivity index (χ0n) is 36.5. The van der Waals surface area contributed by atoms with E-state index in [0.717, 1.165) is 87.6 Å². The summed E-state index contributed by atoms with van der Waals surface area (Å²) in [7, 11) is 0. The number of hydrogen-bond acceptors (Lipinski definition) is 9. The summed E-state index contributed by atoms with van der Waals surface area (Å²) >= 11 is 1.91. The quantitative estimate of drug-likeness (QED) is 0.160. The summed E-state index contributed by atoms with van der Waals surface area (Å²) in [5.74, 6) is 4.75. The maximum atomic E-state index is 6.56. The number of anilines is 6. The Balaban J connectivity index is 1.28. The zero-order valence-corrected chi connectivity index (χ0v) is 37.4. The number of thiophene rings is 1. The summed E-state index contributed by atoms with van der Waals surface area (Å²) < 4.78 is 41.0. The molecule has 0 radical (unpaired) electrons. The van der Waals surface area contributed by atoms with Crippen LogP contribution in [0.15, 0.2) is 66.7 Å². The van der Waals surface area contributed by atoms with Gasteiger partial charge in [-0.25, -0.2) is 0 Å². The predicted molar refractivity (Wildman–Crippen MR) is 250 cm³/mol.